The van der Waals surface area contributed by atoms with E-state index < -0.39 is 0 Å². The minimum atomic E-state index is -0.0596. The number of para-hydroxylation sites is 1. The molecule has 2 heteroatoms. The van der Waals surface area contributed by atoms with E-state index in [0.29, 0.717) is 0 Å². The molecule has 1 aromatic heterocycles. The quantitative estimate of drug-likeness (QED) is 0.193. The summed E-state index contributed by atoms with van der Waals surface area (Å²) >= 11 is 0. The topological polar surface area (TPSA) is 16.4 Å². The van der Waals surface area contributed by atoms with Crippen molar-refractivity contribution in [3.8, 4) is 22.3 Å². The summed E-state index contributed by atoms with van der Waals surface area (Å²) in [6, 6.07) is 59.5. The zero-order chi connectivity index (χ0) is 32.7. The molecule has 0 spiro atoms. The highest BCUT2D eigenvalue weighted by molar-refractivity contribution is 6.17. The second-order valence-corrected chi connectivity index (χ2v) is 13.7. The van der Waals surface area contributed by atoms with Crippen molar-refractivity contribution in [3.05, 3.63) is 175 Å². The molecule has 0 radical (unpaired) electrons. The van der Waals surface area contributed by atoms with Gasteiger partial charge in [0.1, 0.15) is 11.2 Å². The largest absolute Gasteiger partial charge is 0.455 e. The smallest absolute Gasteiger partial charge is 0.143 e. The fourth-order valence-electron chi connectivity index (χ4n) is 8.28. The fourth-order valence-corrected chi connectivity index (χ4v) is 8.28. The van der Waals surface area contributed by atoms with Gasteiger partial charge in [0.05, 0.1) is 5.69 Å². The number of fused-ring (bicyclic) bond motifs is 9. The molecule has 0 amide bonds. The second-order valence-electron chi connectivity index (χ2n) is 13.7. The van der Waals surface area contributed by atoms with Crippen LogP contribution in [-0.4, -0.2) is 0 Å². The Balaban J connectivity index is 1.23. The lowest BCUT2D eigenvalue weighted by atomic mass is 9.82. The van der Waals surface area contributed by atoms with Crippen LogP contribution in [0.25, 0.3) is 65.7 Å². The number of benzene rings is 8. The molecule has 0 aliphatic heterocycles. The van der Waals surface area contributed by atoms with Crippen LogP contribution in [0.4, 0.5) is 17.1 Å². The number of rotatable bonds is 4. The Hall–Kier alpha value is -6.12. The second kappa shape index (κ2) is 10.4. The van der Waals surface area contributed by atoms with E-state index in [1.807, 2.05) is 6.07 Å². The van der Waals surface area contributed by atoms with E-state index in [1.165, 1.54) is 44.2 Å². The standard InChI is InChI=1S/C47H33NO/c1-47(2)42-21-7-5-17-36(42)41-29-33(24-27-43(41)47)48(32-15-9-14-31(28-32)35-19-10-13-30-12-3-4-16-34(30)35)44-22-11-20-39-37(44)25-26-40-38-18-6-8-23-45(38)49-46(39)40/h3-29H,1-2H3. The van der Waals surface area contributed by atoms with Gasteiger partial charge in [-0.1, -0.05) is 135 Å². The molecule has 0 bridgehead atoms. The molecule has 10 rings (SSSR count). The summed E-state index contributed by atoms with van der Waals surface area (Å²) in [5, 5.41) is 7.03. The van der Waals surface area contributed by atoms with Crippen molar-refractivity contribution in [2.75, 3.05) is 4.90 Å². The first-order valence-electron chi connectivity index (χ1n) is 17.0. The third-order valence-electron chi connectivity index (χ3n) is 10.6. The van der Waals surface area contributed by atoms with Crippen molar-refractivity contribution < 1.29 is 4.42 Å². The highest BCUT2D eigenvalue weighted by atomic mass is 16.3. The van der Waals surface area contributed by atoms with Crippen molar-refractivity contribution in [2.45, 2.75) is 19.3 Å². The molecular weight excluding hydrogens is 595 g/mol. The van der Waals surface area contributed by atoms with E-state index >= 15 is 0 Å². The molecule has 232 valence electrons. The third-order valence-corrected chi connectivity index (χ3v) is 10.6. The molecule has 8 aromatic carbocycles. The van der Waals surface area contributed by atoms with Crippen LogP contribution in [0.3, 0.4) is 0 Å². The van der Waals surface area contributed by atoms with Crippen molar-refractivity contribution >= 4 is 60.5 Å². The lowest BCUT2D eigenvalue weighted by molar-refractivity contribution is 0.660. The lowest BCUT2D eigenvalue weighted by Gasteiger charge is -2.28. The summed E-state index contributed by atoms with van der Waals surface area (Å²) in [7, 11) is 0. The summed E-state index contributed by atoms with van der Waals surface area (Å²) in [6.45, 7) is 4.68. The van der Waals surface area contributed by atoms with Gasteiger partial charge in [-0.2, -0.15) is 0 Å². The van der Waals surface area contributed by atoms with E-state index in [2.05, 4.69) is 176 Å². The average molecular weight is 628 g/mol. The van der Waals surface area contributed by atoms with Crippen molar-refractivity contribution in [3.63, 3.8) is 0 Å². The molecule has 1 heterocycles. The number of anilines is 3. The first kappa shape index (κ1) is 27.9. The number of hydrogen-bond donors (Lipinski definition) is 0. The van der Waals surface area contributed by atoms with Gasteiger partial charge in [0.25, 0.3) is 0 Å². The summed E-state index contributed by atoms with van der Waals surface area (Å²) in [6.07, 6.45) is 0. The minimum absolute atomic E-state index is 0.0596. The zero-order valence-corrected chi connectivity index (χ0v) is 27.4. The van der Waals surface area contributed by atoms with E-state index in [4.69, 9.17) is 4.42 Å². The van der Waals surface area contributed by atoms with Gasteiger partial charge in [0.15, 0.2) is 0 Å². The molecule has 2 nitrogen and oxygen atoms in total. The molecule has 9 aromatic rings. The van der Waals surface area contributed by atoms with Gasteiger partial charge in [-0.25, -0.2) is 0 Å². The maximum atomic E-state index is 6.53. The van der Waals surface area contributed by atoms with Crippen LogP contribution in [-0.2, 0) is 5.41 Å². The Morgan fingerprint density at radius 3 is 2.04 bits per heavy atom. The van der Waals surface area contributed by atoms with Gasteiger partial charge >= 0.3 is 0 Å². The third kappa shape index (κ3) is 4.14. The molecule has 1 aliphatic rings. The van der Waals surface area contributed by atoms with Gasteiger partial charge in [-0.05, 0) is 86.6 Å². The fraction of sp³-hybridized carbons (Fsp3) is 0.0638. The molecule has 0 saturated heterocycles. The number of hydrogen-bond acceptors (Lipinski definition) is 2. The first-order valence-corrected chi connectivity index (χ1v) is 17.0. The Bertz CT molecular complexity index is 2760. The van der Waals surface area contributed by atoms with Gasteiger partial charge in [-0.15, -0.1) is 0 Å². The molecule has 0 atom stereocenters. The van der Waals surface area contributed by atoms with E-state index in [1.54, 1.807) is 0 Å². The average Bonchev–Trinajstić information content (AvgIpc) is 3.64. The van der Waals surface area contributed by atoms with Crippen LogP contribution in [0.5, 0.6) is 0 Å². The highest BCUT2D eigenvalue weighted by Gasteiger charge is 2.35. The number of furan rings is 1. The summed E-state index contributed by atoms with van der Waals surface area (Å²) in [5.74, 6) is 0. The van der Waals surface area contributed by atoms with Crippen LogP contribution < -0.4 is 4.90 Å². The Morgan fingerprint density at radius 2 is 1.10 bits per heavy atom. The van der Waals surface area contributed by atoms with E-state index in [0.717, 1.165) is 49.8 Å². The molecule has 0 fully saturated rings. The van der Waals surface area contributed by atoms with Gasteiger partial charge in [-0.3, -0.25) is 0 Å². The minimum Gasteiger partial charge on any atom is -0.455 e. The van der Waals surface area contributed by atoms with E-state index in [9.17, 15) is 0 Å². The number of nitrogens with zero attached hydrogens (tertiary/aromatic N) is 1. The van der Waals surface area contributed by atoms with Gasteiger partial charge < -0.3 is 9.32 Å². The summed E-state index contributed by atoms with van der Waals surface area (Å²) in [5.41, 5.74) is 12.9. The Kier molecular flexibility index (Phi) is 5.95. The molecule has 0 saturated carbocycles. The monoisotopic (exact) mass is 627 g/mol. The maximum absolute atomic E-state index is 6.53. The van der Waals surface area contributed by atoms with Gasteiger partial charge in [0, 0.05) is 38.3 Å². The van der Waals surface area contributed by atoms with Crippen LogP contribution in [0.15, 0.2) is 168 Å². The molecule has 1 aliphatic carbocycles. The molecule has 49 heavy (non-hydrogen) atoms. The summed E-state index contributed by atoms with van der Waals surface area (Å²) in [4.78, 5) is 2.43. The summed E-state index contributed by atoms with van der Waals surface area (Å²) < 4.78 is 6.53. The van der Waals surface area contributed by atoms with Crippen LogP contribution in [0.2, 0.25) is 0 Å². The maximum Gasteiger partial charge on any atom is 0.143 e. The van der Waals surface area contributed by atoms with Crippen LogP contribution in [0, 0.1) is 0 Å². The highest BCUT2D eigenvalue weighted by Crippen LogP contribution is 2.51. The van der Waals surface area contributed by atoms with Crippen LogP contribution >= 0.6 is 0 Å². The van der Waals surface area contributed by atoms with Crippen molar-refractivity contribution in [1.29, 1.82) is 0 Å². The van der Waals surface area contributed by atoms with Gasteiger partial charge in [0.2, 0.25) is 0 Å². The first-order chi connectivity index (χ1) is 24.1. The predicted molar refractivity (Wildman–Crippen MR) is 206 cm³/mol. The molecular formula is C47H33NO. The Labute approximate surface area is 285 Å². The molecule has 0 unspecified atom stereocenters. The SMILES string of the molecule is CC1(C)c2ccccc2-c2cc(N(c3cccc(-c4cccc5ccccc45)c3)c3cccc4c3ccc3c5ccccc5oc43)ccc21. The lowest BCUT2D eigenvalue weighted by Crippen LogP contribution is -2.15. The van der Waals surface area contributed by atoms with Crippen LogP contribution in [0.1, 0.15) is 25.0 Å². The normalized spacial score (nSPS) is 13.3. The zero-order valence-electron chi connectivity index (χ0n) is 27.4. The molecule has 0 N–H and O–H groups in total. The Morgan fingerprint density at radius 1 is 0.449 bits per heavy atom. The van der Waals surface area contributed by atoms with Crippen molar-refractivity contribution in [1.82, 2.24) is 0 Å². The predicted octanol–water partition coefficient (Wildman–Crippen LogP) is 13.3. The van der Waals surface area contributed by atoms with Crippen molar-refractivity contribution in [2.24, 2.45) is 0 Å². The van der Waals surface area contributed by atoms with E-state index in [-0.39, 0.29) is 5.41 Å².